The summed E-state index contributed by atoms with van der Waals surface area (Å²) in [5.41, 5.74) is 0.208. The lowest BCUT2D eigenvalue weighted by molar-refractivity contribution is 0.101. The molecule has 3 nitrogen and oxygen atoms in total. The van der Waals surface area contributed by atoms with E-state index in [1.165, 1.54) is 19.1 Å². The Morgan fingerprint density at radius 3 is 2.23 bits per heavy atom. The molecular weight excluding hydrogens is 256 g/mol. The molecule has 0 aliphatic heterocycles. The highest BCUT2D eigenvalue weighted by Gasteiger charge is 2.16. The standard InChI is InChI=1S/C8H7BrO3S/c1-6(10)7-4-2-3-5-8(7)13(9,11)12/h2-5H,1H3. The summed E-state index contributed by atoms with van der Waals surface area (Å²) in [5.74, 6) is -0.265. The smallest absolute Gasteiger partial charge is 0.238 e. The van der Waals surface area contributed by atoms with Crippen molar-refractivity contribution in [2.45, 2.75) is 11.8 Å². The van der Waals surface area contributed by atoms with Crippen molar-refractivity contribution in [1.29, 1.82) is 0 Å². The Morgan fingerprint density at radius 2 is 1.85 bits per heavy atom. The highest BCUT2D eigenvalue weighted by Crippen LogP contribution is 2.21. The molecule has 0 aliphatic carbocycles. The van der Waals surface area contributed by atoms with E-state index in [4.69, 9.17) is 0 Å². The van der Waals surface area contributed by atoms with Gasteiger partial charge < -0.3 is 0 Å². The molecule has 0 radical (unpaired) electrons. The van der Waals surface area contributed by atoms with E-state index in [1.807, 2.05) is 0 Å². The summed E-state index contributed by atoms with van der Waals surface area (Å²) < 4.78 is 22.2. The van der Waals surface area contributed by atoms with Gasteiger partial charge >= 0.3 is 0 Å². The summed E-state index contributed by atoms with van der Waals surface area (Å²) in [6.07, 6.45) is 0. The third-order valence-corrected chi connectivity index (χ3v) is 3.46. The molecule has 0 fully saturated rings. The van der Waals surface area contributed by atoms with Gasteiger partial charge in [0.1, 0.15) is 0 Å². The first kappa shape index (κ1) is 10.4. The van der Waals surface area contributed by atoms with Crippen molar-refractivity contribution < 1.29 is 13.2 Å². The molecular formula is C8H7BrO3S. The number of ketones is 1. The molecule has 0 spiro atoms. The molecule has 0 amide bonds. The summed E-state index contributed by atoms with van der Waals surface area (Å²) in [6, 6.07) is 6.07. The first-order chi connectivity index (χ1) is 5.93. The Balaban J connectivity index is 3.46. The average Bonchev–Trinajstić information content (AvgIpc) is 2.03. The highest BCUT2D eigenvalue weighted by atomic mass is 79.9. The van der Waals surface area contributed by atoms with E-state index in [2.05, 4.69) is 14.8 Å². The molecule has 0 unspecified atom stereocenters. The van der Waals surface area contributed by atoms with Crippen LogP contribution in [-0.2, 0) is 8.27 Å². The van der Waals surface area contributed by atoms with Crippen LogP contribution in [-0.4, -0.2) is 14.2 Å². The maximum Gasteiger partial charge on any atom is 0.238 e. The minimum absolute atomic E-state index is 0.0162. The first-order valence-corrected chi connectivity index (χ1v) is 6.80. The van der Waals surface area contributed by atoms with Crippen LogP contribution in [0.1, 0.15) is 17.3 Å². The van der Waals surface area contributed by atoms with Gasteiger partial charge in [-0.05, 0) is 13.0 Å². The molecule has 0 atom stereocenters. The zero-order valence-electron chi connectivity index (χ0n) is 6.82. The fourth-order valence-corrected chi connectivity index (χ4v) is 2.53. The van der Waals surface area contributed by atoms with Crippen LogP contribution in [0, 0.1) is 0 Å². The lowest BCUT2D eigenvalue weighted by Gasteiger charge is -2.01. The minimum Gasteiger partial charge on any atom is -0.294 e. The molecule has 0 N–H and O–H groups in total. The van der Waals surface area contributed by atoms with Gasteiger partial charge in [-0.25, -0.2) is 8.42 Å². The van der Waals surface area contributed by atoms with Crippen LogP contribution < -0.4 is 0 Å². The van der Waals surface area contributed by atoms with E-state index < -0.39 is 8.27 Å². The van der Waals surface area contributed by atoms with Crippen molar-refractivity contribution in [1.82, 2.24) is 0 Å². The number of halogens is 1. The molecule has 0 bridgehead atoms. The second kappa shape index (κ2) is 3.59. The predicted octanol–water partition coefficient (Wildman–Crippen LogP) is 1.97. The van der Waals surface area contributed by atoms with Crippen molar-refractivity contribution in [2.75, 3.05) is 0 Å². The summed E-state index contributed by atoms with van der Waals surface area (Å²) in [6.45, 7) is 1.33. The predicted molar refractivity (Wildman–Crippen MR) is 52.6 cm³/mol. The maximum absolute atomic E-state index is 11.1. The monoisotopic (exact) mass is 262 g/mol. The van der Waals surface area contributed by atoms with Gasteiger partial charge in [0.05, 0.1) is 19.7 Å². The molecule has 1 aromatic rings. The van der Waals surface area contributed by atoms with Gasteiger partial charge in [0.2, 0.25) is 8.27 Å². The van der Waals surface area contributed by atoms with Crippen LogP contribution in [0.3, 0.4) is 0 Å². The van der Waals surface area contributed by atoms with Gasteiger partial charge in [-0.3, -0.25) is 4.79 Å². The van der Waals surface area contributed by atoms with Crippen molar-refractivity contribution in [3.8, 4) is 0 Å². The Kier molecular flexibility index (Phi) is 2.87. The molecule has 13 heavy (non-hydrogen) atoms. The number of Topliss-reactive ketones (excluding diaryl/α,β-unsaturated/α-hetero) is 1. The number of benzene rings is 1. The fourth-order valence-electron chi connectivity index (χ4n) is 0.970. The maximum atomic E-state index is 11.1. The Bertz CT molecular complexity index is 436. The fraction of sp³-hybridized carbons (Fsp3) is 0.125. The Morgan fingerprint density at radius 1 is 1.31 bits per heavy atom. The van der Waals surface area contributed by atoms with Crippen LogP contribution in [0.15, 0.2) is 29.2 Å². The molecule has 0 aliphatic rings. The quantitative estimate of drug-likeness (QED) is 0.605. The van der Waals surface area contributed by atoms with Crippen LogP contribution in [0.25, 0.3) is 0 Å². The van der Waals surface area contributed by atoms with Crippen molar-refractivity contribution >= 4 is 28.9 Å². The SMILES string of the molecule is CC(=O)c1ccccc1S(=O)(=O)Br. The third-order valence-electron chi connectivity index (χ3n) is 1.53. The zero-order valence-corrected chi connectivity index (χ0v) is 9.22. The molecule has 1 aromatic carbocycles. The molecule has 0 saturated heterocycles. The van der Waals surface area contributed by atoms with Crippen LogP contribution in [0.2, 0.25) is 0 Å². The van der Waals surface area contributed by atoms with Crippen molar-refractivity contribution in [2.24, 2.45) is 0 Å². The normalized spacial score (nSPS) is 11.2. The second-order valence-electron chi connectivity index (χ2n) is 2.49. The number of carbonyl (C=O) groups is 1. The number of hydrogen-bond donors (Lipinski definition) is 0. The van der Waals surface area contributed by atoms with Crippen molar-refractivity contribution in [3.05, 3.63) is 29.8 Å². The molecule has 5 heteroatoms. The van der Waals surface area contributed by atoms with E-state index >= 15 is 0 Å². The largest absolute Gasteiger partial charge is 0.294 e. The van der Waals surface area contributed by atoms with E-state index in [-0.39, 0.29) is 16.2 Å². The van der Waals surface area contributed by atoms with Gasteiger partial charge in [0.25, 0.3) is 0 Å². The number of carbonyl (C=O) groups excluding carboxylic acids is 1. The first-order valence-electron chi connectivity index (χ1n) is 3.47. The topological polar surface area (TPSA) is 51.2 Å². The lowest BCUT2D eigenvalue weighted by Crippen LogP contribution is -2.01. The summed E-state index contributed by atoms with van der Waals surface area (Å²) in [7, 11) is -3.49. The van der Waals surface area contributed by atoms with E-state index in [0.29, 0.717) is 0 Å². The molecule has 0 heterocycles. The lowest BCUT2D eigenvalue weighted by atomic mass is 10.1. The van der Waals surface area contributed by atoms with Crippen LogP contribution >= 0.6 is 14.8 Å². The number of rotatable bonds is 2. The number of hydrogen-bond acceptors (Lipinski definition) is 3. The molecule has 0 aromatic heterocycles. The zero-order chi connectivity index (χ0) is 10.1. The van der Waals surface area contributed by atoms with Gasteiger partial charge in [-0.15, -0.1) is 0 Å². The van der Waals surface area contributed by atoms with Gasteiger partial charge in [0.15, 0.2) is 5.78 Å². The summed E-state index contributed by atoms with van der Waals surface area (Å²) in [4.78, 5) is 11.0. The van der Waals surface area contributed by atoms with Crippen LogP contribution in [0.4, 0.5) is 0 Å². The van der Waals surface area contributed by atoms with E-state index in [1.54, 1.807) is 12.1 Å². The van der Waals surface area contributed by atoms with E-state index in [9.17, 15) is 13.2 Å². The highest BCUT2D eigenvalue weighted by molar-refractivity contribution is 9.47. The van der Waals surface area contributed by atoms with E-state index in [0.717, 1.165) is 0 Å². The van der Waals surface area contributed by atoms with Crippen molar-refractivity contribution in [3.63, 3.8) is 0 Å². The van der Waals surface area contributed by atoms with Crippen LogP contribution in [0.5, 0.6) is 0 Å². The summed E-state index contributed by atoms with van der Waals surface area (Å²) >= 11 is 2.53. The molecule has 1 rings (SSSR count). The average molecular weight is 263 g/mol. The minimum atomic E-state index is -3.49. The third kappa shape index (κ3) is 2.38. The Labute approximate surface area is 83.9 Å². The summed E-state index contributed by atoms with van der Waals surface area (Å²) in [5, 5.41) is 0. The second-order valence-corrected chi connectivity index (χ2v) is 6.36. The van der Waals surface area contributed by atoms with Gasteiger partial charge in [-0.2, -0.15) is 0 Å². The van der Waals surface area contributed by atoms with Gasteiger partial charge in [0, 0.05) is 5.56 Å². The molecule has 70 valence electrons. The Hall–Kier alpha value is -0.680. The molecule has 0 saturated carbocycles. The van der Waals surface area contributed by atoms with Gasteiger partial charge in [-0.1, -0.05) is 18.2 Å².